The number of nitrogens with one attached hydrogen (secondary N) is 2. The predicted molar refractivity (Wildman–Crippen MR) is 109 cm³/mol. The Labute approximate surface area is 168 Å². The second-order valence-corrected chi connectivity index (χ2v) is 6.73. The van der Waals surface area contributed by atoms with E-state index in [9.17, 15) is 4.79 Å². The van der Waals surface area contributed by atoms with Gasteiger partial charge in [-0.05, 0) is 64.4 Å². The lowest BCUT2D eigenvalue weighted by atomic mass is 9.78. The molecular formula is C20H33ClN2O4. The highest BCUT2D eigenvalue weighted by atomic mass is 35.5. The average Bonchev–Trinajstić information content (AvgIpc) is 2.64. The molecule has 0 bridgehead atoms. The van der Waals surface area contributed by atoms with Gasteiger partial charge in [-0.25, -0.2) is 0 Å². The lowest BCUT2D eigenvalue weighted by Crippen LogP contribution is -2.50. The third-order valence-electron chi connectivity index (χ3n) is 4.88. The molecule has 1 amide bonds. The largest absolute Gasteiger partial charge is 0.490 e. The van der Waals surface area contributed by atoms with Crippen molar-refractivity contribution in [1.29, 1.82) is 0 Å². The molecule has 154 valence electrons. The second kappa shape index (κ2) is 11.4. The topological polar surface area (TPSA) is 68.8 Å². The first kappa shape index (κ1) is 23.5. The minimum Gasteiger partial charge on any atom is -0.490 e. The van der Waals surface area contributed by atoms with Gasteiger partial charge < -0.3 is 24.8 Å². The Hall–Kier alpha value is -1.50. The summed E-state index contributed by atoms with van der Waals surface area (Å²) >= 11 is 0. The van der Waals surface area contributed by atoms with Crippen LogP contribution in [0.4, 0.5) is 0 Å². The fourth-order valence-electron chi connectivity index (χ4n) is 3.39. The maximum absolute atomic E-state index is 13.0. The molecule has 0 radical (unpaired) electrons. The van der Waals surface area contributed by atoms with E-state index in [0.717, 1.165) is 37.2 Å². The van der Waals surface area contributed by atoms with Crippen LogP contribution in [-0.4, -0.2) is 45.9 Å². The van der Waals surface area contributed by atoms with Crippen molar-refractivity contribution >= 4 is 18.3 Å². The molecular weight excluding hydrogens is 368 g/mol. The Kier molecular flexibility index (Phi) is 9.91. The summed E-state index contributed by atoms with van der Waals surface area (Å²) in [5.41, 5.74) is 0.536. The van der Waals surface area contributed by atoms with Gasteiger partial charge in [0.1, 0.15) is 0 Å². The Bertz CT molecular complexity index is 586. The number of halogens is 1. The molecule has 0 spiro atoms. The Morgan fingerprint density at radius 1 is 1.19 bits per heavy atom. The summed E-state index contributed by atoms with van der Waals surface area (Å²) < 4.78 is 16.7. The molecule has 6 nitrogen and oxygen atoms in total. The summed E-state index contributed by atoms with van der Waals surface area (Å²) in [5.74, 6) is 1.49. The minimum atomic E-state index is -0.456. The number of methoxy groups -OCH3 is 1. The van der Waals surface area contributed by atoms with E-state index in [2.05, 4.69) is 10.6 Å². The number of rotatable bonds is 9. The van der Waals surface area contributed by atoms with Gasteiger partial charge in [0.15, 0.2) is 11.5 Å². The lowest BCUT2D eigenvalue weighted by molar-refractivity contribution is -0.136. The van der Waals surface area contributed by atoms with Crippen LogP contribution in [-0.2, 0) is 9.53 Å². The maximum atomic E-state index is 13.0. The summed E-state index contributed by atoms with van der Waals surface area (Å²) in [5, 5.41) is 6.48. The fraction of sp³-hybridized carbons (Fsp3) is 0.650. The third kappa shape index (κ3) is 5.99. The first-order chi connectivity index (χ1) is 12.6. The number of carbonyl (C=O) groups is 1. The second-order valence-electron chi connectivity index (χ2n) is 6.73. The maximum Gasteiger partial charge on any atom is 0.229 e. The van der Waals surface area contributed by atoms with E-state index in [-0.39, 0.29) is 24.4 Å². The van der Waals surface area contributed by atoms with E-state index >= 15 is 0 Å². The smallest absolute Gasteiger partial charge is 0.229 e. The van der Waals surface area contributed by atoms with Crippen molar-refractivity contribution in [3.63, 3.8) is 0 Å². The molecule has 2 rings (SSSR count). The van der Waals surface area contributed by atoms with Gasteiger partial charge >= 0.3 is 0 Å². The molecule has 1 fully saturated rings. The van der Waals surface area contributed by atoms with Crippen LogP contribution in [0, 0.1) is 5.41 Å². The standard InChI is InChI=1S/C20H32N2O4.ClH/c1-5-25-17-8-7-16(13-18(17)26-6-2)15(3)22-19(23)20(14-24-4)9-11-21-12-10-20;/h7-8,13,15,21H,5-6,9-12,14H2,1-4H3,(H,22,23);1H. The average molecular weight is 401 g/mol. The molecule has 1 aromatic rings. The van der Waals surface area contributed by atoms with Crippen LogP contribution < -0.4 is 20.1 Å². The molecule has 1 atom stereocenters. The molecule has 1 aliphatic rings. The van der Waals surface area contributed by atoms with Crippen molar-refractivity contribution in [3.8, 4) is 11.5 Å². The van der Waals surface area contributed by atoms with Crippen LogP contribution in [0.5, 0.6) is 11.5 Å². The van der Waals surface area contributed by atoms with Crippen LogP contribution in [0.15, 0.2) is 18.2 Å². The zero-order valence-electron chi connectivity index (χ0n) is 16.8. The van der Waals surface area contributed by atoms with Gasteiger partial charge in [-0.15, -0.1) is 12.4 Å². The zero-order valence-corrected chi connectivity index (χ0v) is 17.6. The molecule has 0 saturated carbocycles. The van der Waals surface area contributed by atoms with Crippen molar-refractivity contribution in [2.24, 2.45) is 5.41 Å². The first-order valence-corrected chi connectivity index (χ1v) is 9.46. The summed E-state index contributed by atoms with van der Waals surface area (Å²) in [6, 6.07) is 5.71. The number of benzene rings is 1. The molecule has 0 aromatic heterocycles. The highest BCUT2D eigenvalue weighted by molar-refractivity contribution is 5.85. The molecule has 1 aliphatic heterocycles. The highest BCUT2D eigenvalue weighted by Crippen LogP contribution is 2.33. The number of carbonyl (C=O) groups excluding carboxylic acids is 1. The van der Waals surface area contributed by atoms with Crippen molar-refractivity contribution in [1.82, 2.24) is 10.6 Å². The molecule has 1 heterocycles. The van der Waals surface area contributed by atoms with Gasteiger partial charge in [0, 0.05) is 7.11 Å². The summed E-state index contributed by atoms with van der Waals surface area (Å²) in [4.78, 5) is 13.0. The van der Waals surface area contributed by atoms with Crippen molar-refractivity contribution in [2.75, 3.05) is 40.0 Å². The molecule has 27 heavy (non-hydrogen) atoms. The number of piperidine rings is 1. The minimum absolute atomic E-state index is 0. The number of ether oxygens (including phenoxy) is 3. The number of amides is 1. The molecule has 2 N–H and O–H groups in total. The normalized spacial score (nSPS) is 16.7. The zero-order chi connectivity index (χ0) is 19.0. The van der Waals surface area contributed by atoms with Gasteiger partial charge in [-0.1, -0.05) is 6.07 Å². The van der Waals surface area contributed by atoms with E-state index < -0.39 is 5.41 Å². The monoisotopic (exact) mass is 400 g/mol. The van der Waals surface area contributed by atoms with Crippen LogP contribution >= 0.6 is 12.4 Å². The lowest BCUT2D eigenvalue weighted by Gasteiger charge is -2.36. The summed E-state index contributed by atoms with van der Waals surface area (Å²) in [6.45, 7) is 9.14. The Balaban J connectivity index is 0.00000364. The fourth-order valence-corrected chi connectivity index (χ4v) is 3.39. The van der Waals surface area contributed by atoms with Crippen molar-refractivity contribution in [3.05, 3.63) is 23.8 Å². The van der Waals surface area contributed by atoms with Crippen LogP contribution in [0.3, 0.4) is 0 Å². The van der Waals surface area contributed by atoms with E-state index in [1.54, 1.807) is 7.11 Å². The van der Waals surface area contributed by atoms with Gasteiger partial charge in [-0.3, -0.25) is 4.79 Å². The van der Waals surface area contributed by atoms with E-state index in [1.165, 1.54) is 0 Å². The van der Waals surface area contributed by atoms with Gasteiger partial charge in [-0.2, -0.15) is 0 Å². The molecule has 1 unspecified atom stereocenters. The third-order valence-corrected chi connectivity index (χ3v) is 4.88. The predicted octanol–water partition coefficient (Wildman–Crippen LogP) is 3.10. The first-order valence-electron chi connectivity index (χ1n) is 9.46. The number of hydrogen-bond donors (Lipinski definition) is 2. The van der Waals surface area contributed by atoms with Gasteiger partial charge in [0.05, 0.1) is 31.3 Å². The molecule has 1 aromatic carbocycles. The van der Waals surface area contributed by atoms with Crippen LogP contribution in [0.25, 0.3) is 0 Å². The van der Waals surface area contributed by atoms with Crippen LogP contribution in [0.1, 0.15) is 45.2 Å². The molecule has 0 aliphatic carbocycles. The van der Waals surface area contributed by atoms with Gasteiger partial charge in [0.25, 0.3) is 0 Å². The summed E-state index contributed by atoms with van der Waals surface area (Å²) in [6.07, 6.45) is 1.57. The highest BCUT2D eigenvalue weighted by Gasteiger charge is 2.40. The van der Waals surface area contributed by atoms with Crippen molar-refractivity contribution in [2.45, 2.75) is 39.7 Å². The summed E-state index contributed by atoms with van der Waals surface area (Å²) in [7, 11) is 1.65. The Morgan fingerprint density at radius 3 is 2.41 bits per heavy atom. The van der Waals surface area contributed by atoms with Crippen LogP contribution in [0.2, 0.25) is 0 Å². The van der Waals surface area contributed by atoms with E-state index in [1.807, 2.05) is 39.0 Å². The molecule has 1 saturated heterocycles. The van der Waals surface area contributed by atoms with E-state index in [4.69, 9.17) is 14.2 Å². The van der Waals surface area contributed by atoms with Crippen molar-refractivity contribution < 1.29 is 19.0 Å². The number of hydrogen-bond acceptors (Lipinski definition) is 5. The molecule has 7 heteroatoms. The SMILES string of the molecule is CCOc1ccc(C(C)NC(=O)C2(COC)CCNCC2)cc1OCC.Cl. The Morgan fingerprint density at radius 2 is 1.81 bits per heavy atom. The van der Waals surface area contributed by atoms with E-state index in [0.29, 0.717) is 25.6 Å². The van der Waals surface area contributed by atoms with Gasteiger partial charge in [0.2, 0.25) is 5.91 Å². The quantitative estimate of drug-likeness (QED) is 0.666.